The van der Waals surface area contributed by atoms with Gasteiger partial charge in [-0.05, 0) is 12.1 Å². The Labute approximate surface area is 113 Å². The zero-order valence-corrected chi connectivity index (χ0v) is 12.3. The van der Waals surface area contributed by atoms with E-state index in [0.717, 1.165) is 31.6 Å². The molecule has 96 valence electrons. The van der Waals surface area contributed by atoms with Crippen molar-refractivity contribution in [1.29, 1.82) is 0 Å². The van der Waals surface area contributed by atoms with Crippen molar-refractivity contribution in [2.45, 2.75) is 12.8 Å². The topological polar surface area (TPSA) is 12.5 Å². The highest BCUT2D eigenvalue weighted by molar-refractivity contribution is 9.09. The maximum atomic E-state index is 5.14. The summed E-state index contributed by atoms with van der Waals surface area (Å²) in [4.78, 5) is 2.43. The van der Waals surface area contributed by atoms with Gasteiger partial charge in [0.2, 0.25) is 0 Å². The summed E-state index contributed by atoms with van der Waals surface area (Å²) in [7, 11) is 1.76. The zero-order valence-electron chi connectivity index (χ0n) is 10.7. The summed E-state index contributed by atoms with van der Waals surface area (Å²) >= 11 is 3.62. The molecular formula is C14H22BrNO. The van der Waals surface area contributed by atoms with Crippen LogP contribution in [-0.2, 0) is 4.74 Å². The molecule has 1 atom stereocenters. The maximum absolute atomic E-state index is 5.14. The summed E-state index contributed by atoms with van der Waals surface area (Å²) in [6, 6.07) is 10.7. The minimum Gasteiger partial charge on any atom is -0.383 e. The van der Waals surface area contributed by atoms with Crippen molar-refractivity contribution in [1.82, 2.24) is 4.90 Å². The van der Waals surface area contributed by atoms with E-state index in [2.05, 4.69) is 58.1 Å². The minimum atomic E-state index is 0.549. The molecule has 0 aromatic heterocycles. The number of hydrogen-bond acceptors (Lipinski definition) is 2. The molecule has 0 bridgehead atoms. The summed E-state index contributed by atoms with van der Waals surface area (Å²) in [6.07, 6.45) is 0. The van der Waals surface area contributed by atoms with Crippen molar-refractivity contribution in [3.05, 3.63) is 35.9 Å². The second-order valence-corrected chi connectivity index (χ2v) is 4.80. The predicted octanol–water partition coefficient (Wildman–Crippen LogP) is 3.13. The molecule has 1 unspecified atom stereocenters. The third-order valence-corrected chi connectivity index (χ3v) is 3.78. The van der Waals surface area contributed by atoms with E-state index in [1.807, 2.05) is 0 Å². The number of hydrogen-bond donors (Lipinski definition) is 0. The van der Waals surface area contributed by atoms with Crippen molar-refractivity contribution < 1.29 is 4.74 Å². The lowest BCUT2D eigenvalue weighted by atomic mass is 10.0. The van der Waals surface area contributed by atoms with E-state index in [9.17, 15) is 0 Å². The summed E-state index contributed by atoms with van der Waals surface area (Å²) < 4.78 is 5.14. The van der Waals surface area contributed by atoms with Crippen molar-refractivity contribution >= 4 is 15.9 Å². The molecule has 1 aromatic carbocycles. The molecule has 0 saturated heterocycles. The van der Waals surface area contributed by atoms with Gasteiger partial charge in [-0.15, -0.1) is 0 Å². The van der Waals surface area contributed by atoms with Crippen LogP contribution in [0.3, 0.4) is 0 Å². The first-order valence-electron chi connectivity index (χ1n) is 6.14. The second kappa shape index (κ2) is 8.67. The van der Waals surface area contributed by atoms with Crippen molar-refractivity contribution in [2.75, 3.05) is 38.7 Å². The monoisotopic (exact) mass is 299 g/mol. The van der Waals surface area contributed by atoms with E-state index >= 15 is 0 Å². The van der Waals surface area contributed by atoms with E-state index in [0.29, 0.717) is 5.92 Å². The molecule has 2 nitrogen and oxygen atoms in total. The Bertz CT molecular complexity index is 292. The van der Waals surface area contributed by atoms with Gasteiger partial charge >= 0.3 is 0 Å². The van der Waals surface area contributed by atoms with Crippen LogP contribution in [0.1, 0.15) is 18.4 Å². The highest BCUT2D eigenvalue weighted by Gasteiger charge is 2.13. The van der Waals surface area contributed by atoms with Gasteiger partial charge < -0.3 is 9.64 Å². The van der Waals surface area contributed by atoms with Crippen LogP contribution in [0.5, 0.6) is 0 Å². The molecule has 1 aromatic rings. The lowest BCUT2D eigenvalue weighted by Crippen LogP contribution is -2.32. The molecule has 0 heterocycles. The predicted molar refractivity (Wildman–Crippen MR) is 77.0 cm³/mol. The summed E-state index contributed by atoms with van der Waals surface area (Å²) in [6.45, 7) is 6.15. The fourth-order valence-corrected chi connectivity index (χ4v) is 2.46. The van der Waals surface area contributed by atoms with E-state index < -0.39 is 0 Å². The molecule has 0 saturated carbocycles. The van der Waals surface area contributed by atoms with E-state index in [-0.39, 0.29) is 0 Å². The smallest absolute Gasteiger partial charge is 0.0589 e. The van der Waals surface area contributed by atoms with Gasteiger partial charge in [-0.3, -0.25) is 0 Å². The number of rotatable bonds is 8. The highest BCUT2D eigenvalue weighted by Crippen LogP contribution is 2.19. The number of alkyl halides is 1. The minimum absolute atomic E-state index is 0.549. The van der Waals surface area contributed by atoms with Crippen LogP contribution in [-0.4, -0.2) is 43.6 Å². The van der Waals surface area contributed by atoms with Crippen LogP contribution >= 0.6 is 15.9 Å². The van der Waals surface area contributed by atoms with Crippen LogP contribution in [0.4, 0.5) is 0 Å². The Morgan fingerprint density at radius 1 is 1.29 bits per heavy atom. The molecule has 0 N–H and O–H groups in total. The average molecular weight is 300 g/mol. The molecule has 0 spiro atoms. The normalized spacial score (nSPS) is 12.9. The molecule has 0 fully saturated rings. The molecule has 1 rings (SSSR count). The quantitative estimate of drug-likeness (QED) is 0.684. The standard InChI is InChI=1S/C14H22BrNO/c1-3-16(9-10-17-2)12-14(11-15)13-7-5-4-6-8-13/h4-8,14H,3,9-12H2,1-2H3. The van der Waals surface area contributed by atoms with Crippen LogP contribution in [0, 0.1) is 0 Å². The first kappa shape index (κ1) is 14.7. The summed E-state index contributed by atoms with van der Waals surface area (Å²) in [5.74, 6) is 0.549. The Morgan fingerprint density at radius 2 is 2.00 bits per heavy atom. The molecular weight excluding hydrogens is 278 g/mol. The Hall–Kier alpha value is -0.380. The molecule has 0 aliphatic rings. The molecule has 0 amide bonds. The van der Waals surface area contributed by atoms with Gasteiger partial charge in [0.25, 0.3) is 0 Å². The van der Waals surface area contributed by atoms with Crippen molar-refractivity contribution in [3.63, 3.8) is 0 Å². The Balaban J connectivity index is 2.56. The Kier molecular flexibility index (Phi) is 7.49. The fraction of sp³-hybridized carbons (Fsp3) is 0.571. The highest BCUT2D eigenvalue weighted by atomic mass is 79.9. The zero-order chi connectivity index (χ0) is 12.5. The maximum Gasteiger partial charge on any atom is 0.0589 e. The van der Waals surface area contributed by atoms with E-state index in [1.165, 1.54) is 5.56 Å². The first-order chi connectivity index (χ1) is 8.31. The molecule has 0 aliphatic carbocycles. The first-order valence-corrected chi connectivity index (χ1v) is 7.26. The number of ether oxygens (including phenoxy) is 1. The second-order valence-electron chi connectivity index (χ2n) is 4.15. The Morgan fingerprint density at radius 3 is 2.53 bits per heavy atom. The van der Waals surface area contributed by atoms with Gasteiger partial charge in [-0.1, -0.05) is 53.2 Å². The van der Waals surface area contributed by atoms with Crippen LogP contribution in [0.15, 0.2) is 30.3 Å². The SMILES string of the molecule is CCN(CCOC)CC(CBr)c1ccccc1. The number of likely N-dealkylation sites (N-methyl/N-ethyl adjacent to an activating group) is 1. The average Bonchev–Trinajstić information content (AvgIpc) is 2.40. The van der Waals surface area contributed by atoms with Gasteiger partial charge in [0.05, 0.1) is 6.61 Å². The largest absolute Gasteiger partial charge is 0.383 e. The summed E-state index contributed by atoms with van der Waals surface area (Å²) in [5.41, 5.74) is 1.40. The summed E-state index contributed by atoms with van der Waals surface area (Å²) in [5, 5.41) is 1.00. The van der Waals surface area contributed by atoms with Crippen LogP contribution in [0.25, 0.3) is 0 Å². The lowest BCUT2D eigenvalue weighted by molar-refractivity contribution is 0.148. The molecule has 0 radical (unpaired) electrons. The van der Waals surface area contributed by atoms with Crippen LogP contribution in [0.2, 0.25) is 0 Å². The lowest BCUT2D eigenvalue weighted by Gasteiger charge is -2.25. The van der Waals surface area contributed by atoms with Crippen molar-refractivity contribution in [3.8, 4) is 0 Å². The molecule has 3 heteroatoms. The van der Waals surface area contributed by atoms with Crippen LogP contribution < -0.4 is 0 Å². The number of methoxy groups -OCH3 is 1. The van der Waals surface area contributed by atoms with Gasteiger partial charge in [0, 0.05) is 31.4 Å². The van der Waals surface area contributed by atoms with Gasteiger partial charge in [-0.25, -0.2) is 0 Å². The number of halogens is 1. The third kappa shape index (κ3) is 5.19. The van der Waals surface area contributed by atoms with Gasteiger partial charge in [0.1, 0.15) is 0 Å². The molecule has 0 aliphatic heterocycles. The van der Waals surface area contributed by atoms with E-state index in [1.54, 1.807) is 7.11 Å². The molecule has 17 heavy (non-hydrogen) atoms. The number of benzene rings is 1. The van der Waals surface area contributed by atoms with E-state index in [4.69, 9.17) is 4.74 Å². The van der Waals surface area contributed by atoms with Crippen molar-refractivity contribution in [2.24, 2.45) is 0 Å². The van der Waals surface area contributed by atoms with Gasteiger partial charge in [-0.2, -0.15) is 0 Å². The van der Waals surface area contributed by atoms with Gasteiger partial charge in [0.15, 0.2) is 0 Å². The third-order valence-electron chi connectivity index (χ3n) is 2.99. The fourth-order valence-electron chi connectivity index (χ4n) is 1.88. The number of nitrogens with zero attached hydrogens (tertiary/aromatic N) is 1.